The first-order chi connectivity index (χ1) is 16.7. The van der Waals surface area contributed by atoms with Gasteiger partial charge in [-0.3, -0.25) is 14.5 Å². The molecule has 34 heavy (non-hydrogen) atoms. The van der Waals surface area contributed by atoms with Gasteiger partial charge >= 0.3 is 0 Å². The van der Waals surface area contributed by atoms with Gasteiger partial charge in [0.2, 0.25) is 5.91 Å². The summed E-state index contributed by atoms with van der Waals surface area (Å²) in [6.07, 6.45) is 0.475. The van der Waals surface area contributed by atoms with E-state index in [9.17, 15) is 9.59 Å². The number of carbonyl (C=O) groups is 2. The molecule has 1 N–H and O–H groups in total. The zero-order chi connectivity index (χ0) is 23.3. The summed E-state index contributed by atoms with van der Waals surface area (Å²) in [6.45, 7) is 3.66. The van der Waals surface area contributed by atoms with E-state index in [4.69, 9.17) is 4.98 Å². The number of carbonyl (C=O) groups excluding carboxylic acids is 2. The number of fused-ring (bicyclic) bond motifs is 1. The summed E-state index contributed by atoms with van der Waals surface area (Å²) in [6, 6.07) is 21.1. The van der Waals surface area contributed by atoms with E-state index in [-0.39, 0.29) is 11.8 Å². The van der Waals surface area contributed by atoms with Crippen molar-refractivity contribution in [3.05, 3.63) is 87.6 Å². The van der Waals surface area contributed by atoms with E-state index in [1.807, 2.05) is 64.9 Å². The van der Waals surface area contributed by atoms with Crippen LogP contribution < -0.4 is 5.32 Å². The number of aromatic nitrogens is 1. The Morgan fingerprint density at radius 3 is 2.44 bits per heavy atom. The minimum atomic E-state index is -0.590. The molecule has 2 aromatic carbocycles. The monoisotopic (exact) mass is 490 g/mol. The van der Waals surface area contributed by atoms with Crippen molar-refractivity contribution < 1.29 is 9.59 Å². The number of hydrogen-bond acceptors (Lipinski definition) is 6. The molecule has 0 radical (unpaired) electrons. The third kappa shape index (κ3) is 5.35. The van der Waals surface area contributed by atoms with Crippen molar-refractivity contribution in [3.8, 4) is 0 Å². The van der Waals surface area contributed by atoms with Crippen molar-refractivity contribution in [1.29, 1.82) is 0 Å². The first-order valence-electron chi connectivity index (χ1n) is 11.4. The van der Waals surface area contributed by atoms with Gasteiger partial charge in [0.05, 0.1) is 21.6 Å². The number of thiophene rings is 1. The molecular formula is C26H26N4O2S2. The van der Waals surface area contributed by atoms with Gasteiger partial charge in [-0.2, -0.15) is 0 Å². The van der Waals surface area contributed by atoms with Gasteiger partial charge in [0.15, 0.2) is 0 Å². The number of hydrogen-bond donors (Lipinski definition) is 1. The van der Waals surface area contributed by atoms with Gasteiger partial charge in [0.25, 0.3) is 5.91 Å². The van der Waals surface area contributed by atoms with Crippen LogP contribution in [0.5, 0.6) is 0 Å². The number of amides is 2. The molecule has 8 heteroatoms. The van der Waals surface area contributed by atoms with Crippen LogP contribution in [0.2, 0.25) is 0 Å². The molecule has 5 rings (SSSR count). The summed E-state index contributed by atoms with van der Waals surface area (Å²) in [5, 5.41) is 5.96. The van der Waals surface area contributed by atoms with Crippen LogP contribution in [0.15, 0.2) is 72.1 Å². The highest BCUT2D eigenvalue weighted by Gasteiger charge is 2.29. The van der Waals surface area contributed by atoms with Crippen LogP contribution in [-0.4, -0.2) is 58.8 Å². The molecule has 3 heterocycles. The average molecular weight is 491 g/mol. The predicted octanol–water partition coefficient (Wildman–Crippen LogP) is 4.04. The fraction of sp³-hybridized carbons (Fsp3) is 0.269. The molecule has 2 aromatic heterocycles. The molecule has 1 atom stereocenters. The van der Waals surface area contributed by atoms with Crippen molar-refractivity contribution in [1.82, 2.24) is 20.1 Å². The first-order valence-corrected chi connectivity index (χ1v) is 13.1. The third-order valence-electron chi connectivity index (χ3n) is 6.01. The van der Waals surface area contributed by atoms with Gasteiger partial charge in [0.1, 0.15) is 11.0 Å². The van der Waals surface area contributed by atoms with E-state index in [0.29, 0.717) is 24.4 Å². The second kappa shape index (κ2) is 10.5. The number of benzene rings is 2. The Morgan fingerprint density at radius 1 is 0.941 bits per heavy atom. The zero-order valence-corrected chi connectivity index (χ0v) is 20.4. The van der Waals surface area contributed by atoms with Gasteiger partial charge in [-0.15, -0.1) is 22.7 Å². The van der Waals surface area contributed by atoms with Crippen molar-refractivity contribution in [2.45, 2.75) is 19.0 Å². The summed E-state index contributed by atoms with van der Waals surface area (Å²) in [5.74, 6) is -0.216. The maximum Gasteiger partial charge on any atom is 0.262 e. The van der Waals surface area contributed by atoms with Crippen molar-refractivity contribution >= 4 is 44.7 Å². The van der Waals surface area contributed by atoms with Crippen LogP contribution in [0.3, 0.4) is 0 Å². The van der Waals surface area contributed by atoms with E-state index >= 15 is 0 Å². The topological polar surface area (TPSA) is 65.5 Å². The molecule has 0 saturated carbocycles. The molecule has 1 aliphatic rings. The summed E-state index contributed by atoms with van der Waals surface area (Å²) < 4.78 is 1.21. The normalized spacial score (nSPS) is 15.4. The predicted molar refractivity (Wildman–Crippen MR) is 137 cm³/mol. The minimum Gasteiger partial charge on any atom is -0.339 e. The molecule has 2 amide bonds. The summed E-state index contributed by atoms with van der Waals surface area (Å²) in [4.78, 5) is 35.8. The Hall–Kier alpha value is -3.07. The number of piperazine rings is 1. The first kappa shape index (κ1) is 22.7. The lowest BCUT2D eigenvalue weighted by atomic mass is 10.0. The molecule has 0 unspecified atom stereocenters. The van der Waals surface area contributed by atoms with E-state index in [1.165, 1.54) is 16.0 Å². The van der Waals surface area contributed by atoms with Crippen LogP contribution >= 0.6 is 22.7 Å². The van der Waals surface area contributed by atoms with E-state index in [1.54, 1.807) is 17.4 Å². The van der Waals surface area contributed by atoms with Crippen LogP contribution in [0.25, 0.3) is 10.2 Å². The highest BCUT2D eigenvalue weighted by molar-refractivity contribution is 7.18. The highest BCUT2D eigenvalue weighted by atomic mass is 32.1. The molecule has 1 fully saturated rings. The lowest BCUT2D eigenvalue weighted by Gasteiger charge is -2.36. The number of nitrogens with one attached hydrogen (secondary N) is 1. The molecule has 1 saturated heterocycles. The molecule has 6 nitrogen and oxygen atoms in total. The molecular weight excluding hydrogens is 464 g/mol. The fourth-order valence-corrected chi connectivity index (χ4v) is 5.85. The zero-order valence-electron chi connectivity index (χ0n) is 18.7. The van der Waals surface area contributed by atoms with Crippen LogP contribution in [0.1, 0.15) is 20.2 Å². The van der Waals surface area contributed by atoms with Crippen molar-refractivity contribution in [2.75, 3.05) is 26.2 Å². The number of nitrogens with zero attached hydrogens (tertiary/aromatic N) is 3. The Kier molecular flexibility index (Phi) is 6.99. The number of rotatable bonds is 7. The minimum absolute atomic E-state index is 0.0200. The number of thiazole rings is 1. The second-order valence-corrected chi connectivity index (χ2v) is 10.4. The number of para-hydroxylation sites is 1. The van der Waals surface area contributed by atoms with Crippen LogP contribution in [0.4, 0.5) is 0 Å². The largest absolute Gasteiger partial charge is 0.339 e. The quantitative estimate of drug-likeness (QED) is 0.425. The Bertz CT molecular complexity index is 1220. The van der Waals surface area contributed by atoms with Gasteiger partial charge in [-0.05, 0) is 29.1 Å². The van der Waals surface area contributed by atoms with Crippen LogP contribution in [-0.2, 0) is 17.8 Å². The maximum atomic E-state index is 13.5. The highest BCUT2D eigenvalue weighted by Crippen LogP contribution is 2.23. The molecule has 4 aromatic rings. The summed E-state index contributed by atoms with van der Waals surface area (Å²) >= 11 is 3.11. The van der Waals surface area contributed by atoms with Gasteiger partial charge in [0, 0.05) is 32.6 Å². The molecule has 0 spiro atoms. The second-order valence-electron chi connectivity index (χ2n) is 8.37. The van der Waals surface area contributed by atoms with Crippen molar-refractivity contribution in [2.24, 2.45) is 0 Å². The maximum absolute atomic E-state index is 13.5. The average Bonchev–Trinajstić information content (AvgIpc) is 3.54. The molecule has 1 aliphatic heterocycles. The molecule has 174 valence electrons. The van der Waals surface area contributed by atoms with Gasteiger partial charge < -0.3 is 10.2 Å². The molecule has 0 bridgehead atoms. The van der Waals surface area contributed by atoms with Crippen molar-refractivity contribution in [3.63, 3.8) is 0 Å². The van der Waals surface area contributed by atoms with Gasteiger partial charge in [-0.1, -0.05) is 48.5 Å². The van der Waals surface area contributed by atoms with E-state index in [2.05, 4.69) is 16.3 Å². The van der Waals surface area contributed by atoms with E-state index in [0.717, 1.165) is 35.7 Å². The standard InChI is InChI=1S/C26H26N4O2S2/c31-25(23-11-6-16-33-23)28-21(17-19-7-2-1-3-8-19)26(32)30-14-12-29(13-15-30)18-24-27-20-9-4-5-10-22(20)34-24/h1-11,16,21H,12-15,17-18H2,(H,28,31)/t21-/m1/s1. The Labute approximate surface area is 206 Å². The smallest absolute Gasteiger partial charge is 0.262 e. The Morgan fingerprint density at radius 2 is 1.71 bits per heavy atom. The Balaban J connectivity index is 1.22. The summed E-state index contributed by atoms with van der Waals surface area (Å²) in [7, 11) is 0. The lowest BCUT2D eigenvalue weighted by Crippen LogP contribution is -2.55. The third-order valence-corrected chi connectivity index (χ3v) is 7.90. The van der Waals surface area contributed by atoms with E-state index < -0.39 is 6.04 Å². The lowest BCUT2D eigenvalue weighted by molar-refractivity contribution is -0.135. The van der Waals surface area contributed by atoms with Gasteiger partial charge in [-0.25, -0.2) is 4.98 Å². The van der Waals surface area contributed by atoms with Crippen LogP contribution in [0, 0.1) is 0 Å². The SMILES string of the molecule is O=C(N[C@H](Cc1ccccc1)C(=O)N1CCN(Cc2nc3ccccc3s2)CC1)c1cccs1. The molecule has 0 aliphatic carbocycles. The summed E-state index contributed by atoms with van der Waals surface area (Å²) in [5.41, 5.74) is 2.07. The fourth-order valence-electron chi connectivity index (χ4n) is 4.21.